The van der Waals surface area contributed by atoms with Gasteiger partial charge in [-0.3, -0.25) is 0 Å². The van der Waals surface area contributed by atoms with Crippen LogP contribution in [0.1, 0.15) is 16.7 Å². The second kappa shape index (κ2) is 3.96. The number of hydrogen-bond donors (Lipinski definition) is 0. The molecule has 0 aromatic heterocycles. The largest absolute Gasteiger partial charge is 0.381 e. The van der Waals surface area contributed by atoms with Crippen molar-refractivity contribution in [2.24, 2.45) is 0 Å². The van der Waals surface area contributed by atoms with Gasteiger partial charge in [0.05, 0.1) is 6.10 Å². The summed E-state index contributed by atoms with van der Waals surface area (Å²) in [6, 6.07) is 6.80. The molecule has 2 rings (SSSR count). The molecule has 0 saturated carbocycles. The maximum absolute atomic E-state index is 5.37. The molecule has 1 aromatic rings. The van der Waals surface area contributed by atoms with E-state index in [2.05, 4.69) is 40.8 Å². The van der Waals surface area contributed by atoms with E-state index in [0.717, 1.165) is 17.3 Å². The standard InChI is InChI=1S/C11H13IO/c1-13-11-5-9-3-2-8(7-12)4-10(9)6-11/h2-4,11H,5-7H2,1H3/t11-/m1/s1. The van der Waals surface area contributed by atoms with Gasteiger partial charge in [0.25, 0.3) is 0 Å². The number of rotatable bonds is 2. The van der Waals surface area contributed by atoms with Crippen LogP contribution in [-0.4, -0.2) is 13.2 Å². The average Bonchev–Trinajstić information content (AvgIpc) is 2.58. The molecule has 0 N–H and O–H groups in total. The highest BCUT2D eigenvalue weighted by atomic mass is 127. The van der Waals surface area contributed by atoms with Gasteiger partial charge in [-0.2, -0.15) is 0 Å². The second-order valence-corrected chi connectivity index (χ2v) is 4.27. The van der Waals surface area contributed by atoms with Crippen molar-refractivity contribution < 1.29 is 4.74 Å². The lowest BCUT2D eigenvalue weighted by atomic mass is 10.1. The van der Waals surface area contributed by atoms with Crippen LogP contribution < -0.4 is 0 Å². The highest BCUT2D eigenvalue weighted by Crippen LogP contribution is 2.25. The van der Waals surface area contributed by atoms with Gasteiger partial charge in [0.15, 0.2) is 0 Å². The maximum atomic E-state index is 5.37. The van der Waals surface area contributed by atoms with Crippen LogP contribution in [0.5, 0.6) is 0 Å². The molecular weight excluding hydrogens is 275 g/mol. The van der Waals surface area contributed by atoms with E-state index in [-0.39, 0.29) is 0 Å². The number of benzene rings is 1. The van der Waals surface area contributed by atoms with Crippen LogP contribution in [0, 0.1) is 0 Å². The molecule has 1 aromatic carbocycles. The Labute approximate surface area is 92.6 Å². The van der Waals surface area contributed by atoms with Crippen molar-refractivity contribution in [1.82, 2.24) is 0 Å². The van der Waals surface area contributed by atoms with E-state index in [4.69, 9.17) is 4.74 Å². The van der Waals surface area contributed by atoms with Gasteiger partial charge in [-0.25, -0.2) is 0 Å². The van der Waals surface area contributed by atoms with Gasteiger partial charge in [0.2, 0.25) is 0 Å². The lowest BCUT2D eigenvalue weighted by Gasteiger charge is -2.03. The lowest BCUT2D eigenvalue weighted by Crippen LogP contribution is -2.08. The molecule has 0 radical (unpaired) electrons. The molecule has 0 spiro atoms. The van der Waals surface area contributed by atoms with Crippen molar-refractivity contribution in [2.75, 3.05) is 7.11 Å². The topological polar surface area (TPSA) is 9.23 Å². The number of fused-ring (bicyclic) bond motifs is 1. The van der Waals surface area contributed by atoms with E-state index in [9.17, 15) is 0 Å². The first-order valence-corrected chi connectivity index (χ1v) is 6.05. The fourth-order valence-electron chi connectivity index (χ4n) is 1.88. The third-order valence-electron chi connectivity index (χ3n) is 2.65. The van der Waals surface area contributed by atoms with Crippen molar-refractivity contribution >= 4 is 22.6 Å². The summed E-state index contributed by atoms with van der Waals surface area (Å²) in [5.41, 5.74) is 4.39. The van der Waals surface area contributed by atoms with Gasteiger partial charge < -0.3 is 4.74 Å². The van der Waals surface area contributed by atoms with Gasteiger partial charge in [-0.1, -0.05) is 40.8 Å². The molecular formula is C11H13IO. The van der Waals surface area contributed by atoms with Gasteiger partial charge in [0, 0.05) is 11.5 Å². The molecule has 1 aliphatic carbocycles. The van der Waals surface area contributed by atoms with Crippen LogP contribution in [0.25, 0.3) is 0 Å². The normalized spacial score (nSPS) is 20.3. The van der Waals surface area contributed by atoms with Gasteiger partial charge in [0.1, 0.15) is 0 Å². The molecule has 0 saturated heterocycles. The van der Waals surface area contributed by atoms with E-state index in [1.54, 1.807) is 7.11 Å². The van der Waals surface area contributed by atoms with Crippen LogP contribution in [0.2, 0.25) is 0 Å². The summed E-state index contributed by atoms with van der Waals surface area (Å²) in [7, 11) is 1.80. The van der Waals surface area contributed by atoms with E-state index >= 15 is 0 Å². The Hall–Kier alpha value is -0.0900. The Morgan fingerprint density at radius 2 is 2.15 bits per heavy atom. The predicted molar refractivity (Wildman–Crippen MR) is 62.4 cm³/mol. The monoisotopic (exact) mass is 288 g/mol. The van der Waals surface area contributed by atoms with Crippen molar-refractivity contribution in [3.8, 4) is 0 Å². The summed E-state index contributed by atoms with van der Waals surface area (Å²) in [5.74, 6) is 0. The molecule has 0 heterocycles. The zero-order valence-corrected chi connectivity index (χ0v) is 9.87. The number of hydrogen-bond acceptors (Lipinski definition) is 1. The molecule has 0 bridgehead atoms. The Kier molecular flexibility index (Phi) is 2.89. The smallest absolute Gasteiger partial charge is 0.0652 e. The molecule has 0 fully saturated rings. The highest BCUT2D eigenvalue weighted by Gasteiger charge is 2.20. The average molecular weight is 288 g/mol. The molecule has 70 valence electrons. The Bertz CT molecular complexity index is 309. The van der Waals surface area contributed by atoms with Crippen LogP contribution >= 0.6 is 22.6 Å². The molecule has 0 amide bonds. The van der Waals surface area contributed by atoms with Crippen molar-refractivity contribution in [1.29, 1.82) is 0 Å². The van der Waals surface area contributed by atoms with Gasteiger partial charge >= 0.3 is 0 Å². The van der Waals surface area contributed by atoms with Gasteiger partial charge in [-0.15, -0.1) is 0 Å². The highest BCUT2D eigenvalue weighted by molar-refractivity contribution is 14.1. The van der Waals surface area contributed by atoms with Crippen LogP contribution in [0.15, 0.2) is 18.2 Å². The number of alkyl halides is 1. The molecule has 2 heteroatoms. The zero-order chi connectivity index (χ0) is 9.26. The molecule has 0 unspecified atom stereocenters. The summed E-state index contributed by atoms with van der Waals surface area (Å²) in [4.78, 5) is 0. The minimum atomic E-state index is 0.416. The quantitative estimate of drug-likeness (QED) is 0.600. The molecule has 0 aliphatic heterocycles. The Morgan fingerprint density at radius 1 is 1.38 bits per heavy atom. The molecule has 1 atom stereocenters. The third kappa shape index (κ3) is 1.89. The Morgan fingerprint density at radius 3 is 2.85 bits per heavy atom. The Balaban J connectivity index is 2.25. The SMILES string of the molecule is CO[C@@H]1Cc2ccc(CI)cc2C1. The first kappa shape index (κ1) is 9.46. The zero-order valence-electron chi connectivity index (χ0n) is 7.72. The summed E-state index contributed by atoms with van der Waals surface area (Å²) >= 11 is 2.40. The van der Waals surface area contributed by atoms with Gasteiger partial charge in [-0.05, 0) is 29.5 Å². The maximum Gasteiger partial charge on any atom is 0.0652 e. The van der Waals surface area contributed by atoms with Crippen molar-refractivity contribution in [3.05, 3.63) is 34.9 Å². The van der Waals surface area contributed by atoms with Crippen LogP contribution in [0.3, 0.4) is 0 Å². The number of methoxy groups -OCH3 is 1. The molecule has 13 heavy (non-hydrogen) atoms. The molecule has 1 aliphatic rings. The first-order chi connectivity index (χ1) is 6.33. The van der Waals surface area contributed by atoms with Crippen LogP contribution in [-0.2, 0) is 22.0 Å². The minimum Gasteiger partial charge on any atom is -0.381 e. The third-order valence-corrected chi connectivity index (χ3v) is 3.53. The predicted octanol–water partition coefficient (Wildman–Crippen LogP) is 2.74. The van der Waals surface area contributed by atoms with E-state index in [1.165, 1.54) is 16.7 Å². The first-order valence-electron chi connectivity index (χ1n) is 4.53. The number of halogens is 1. The van der Waals surface area contributed by atoms with Crippen molar-refractivity contribution in [3.63, 3.8) is 0 Å². The minimum absolute atomic E-state index is 0.416. The summed E-state index contributed by atoms with van der Waals surface area (Å²) in [6.07, 6.45) is 2.60. The summed E-state index contributed by atoms with van der Waals surface area (Å²) in [6.45, 7) is 0. The summed E-state index contributed by atoms with van der Waals surface area (Å²) in [5, 5.41) is 0. The fraction of sp³-hybridized carbons (Fsp3) is 0.455. The van der Waals surface area contributed by atoms with E-state index < -0.39 is 0 Å². The second-order valence-electron chi connectivity index (χ2n) is 3.50. The van der Waals surface area contributed by atoms with E-state index in [1.807, 2.05) is 0 Å². The van der Waals surface area contributed by atoms with E-state index in [0.29, 0.717) is 6.10 Å². The molecule has 1 nitrogen and oxygen atoms in total. The number of ether oxygens (including phenoxy) is 1. The van der Waals surface area contributed by atoms with Crippen LogP contribution in [0.4, 0.5) is 0 Å². The fourth-order valence-corrected chi connectivity index (χ4v) is 2.36. The lowest BCUT2D eigenvalue weighted by molar-refractivity contribution is 0.112. The summed E-state index contributed by atoms with van der Waals surface area (Å²) < 4.78 is 6.47. The van der Waals surface area contributed by atoms with Crippen molar-refractivity contribution in [2.45, 2.75) is 23.4 Å².